The average Bonchev–Trinajstić information content (AvgIpc) is 2.39. The number of hydrogen-bond donors (Lipinski definition) is 1. The first kappa shape index (κ1) is 14.1. The summed E-state index contributed by atoms with van der Waals surface area (Å²) < 4.78 is 0. The standard InChI is InChI=1S/C15H17ClO3/c16-13-7-5-11(6-8-13)10-1-3-12(4-2-10)14(17)9-15(18)19/h5-8,10,12H,1-4,9H2,(H,18,19)/t10-,12-. The number of rotatable bonds is 4. The molecule has 1 fully saturated rings. The highest BCUT2D eigenvalue weighted by molar-refractivity contribution is 6.30. The molecule has 1 aliphatic rings. The van der Waals surface area contributed by atoms with E-state index in [1.54, 1.807) is 0 Å². The Labute approximate surface area is 117 Å². The van der Waals surface area contributed by atoms with E-state index in [9.17, 15) is 9.59 Å². The summed E-state index contributed by atoms with van der Waals surface area (Å²) in [6.07, 6.45) is 3.13. The molecule has 0 aromatic heterocycles. The minimum atomic E-state index is -1.02. The Morgan fingerprint density at radius 1 is 1.11 bits per heavy atom. The number of aliphatic carboxylic acids is 1. The van der Waals surface area contributed by atoms with Crippen molar-refractivity contribution >= 4 is 23.4 Å². The van der Waals surface area contributed by atoms with Crippen molar-refractivity contribution < 1.29 is 14.7 Å². The number of ketones is 1. The second-order valence-electron chi connectivity index (χ2n) is 5.14. The molecule has 4 heteroatoms. The fourth-order valence-electron chi connectivity index (χ4n) is 2.78. The van der Waals surface area contributed by atoms with Crippen molar-refractivity contribution in [3.63, 3.8) is 0 Å². The van der Waals surface area contributed by atoms with Crippen LogP contribution in [0, 0.1) is 5.92 Å². The molecule has 1 N–H and O–H groups in total. The third-order valence-electron chi connectivity index (χ3n) is 3.85. The summed E-state index contributed by atoms with van der Waals surface area (Å²) in [6.45, 7) is 0. The minimum Gasteiger partial charge on any atom is -0.481 e. The smallest absolute Gasteiger partial charge is 0.310 e. The van der Waals surface area contributed by atoms with Gasteiger partial charge in [0.25, 0.3) is 0 Å². The van der Waals surface area contributed by atoms with Gasteiger partial charge in [-0.25, -0.2) is 0 Å². The molecule has 0 atom stereocenters. The highest BCUT2D eigenvalue weighted by atomic mass is 35.5. The Morgan fingerprint density at radius 3 is 2.21 bits per heavy atom. The Bertz CT molecular complexity index is 459. The fourth-order valence-corrected chi connectivity index (χ4v) is 2.90. The summed E-state index contributed by atoms with van der Waals surface area (Å²) in [5.41, 5.74) is 1.26. The molecule has 1 aromatic carbocycles. The van der Waals surface area contributed by atoms with Crippen molar-refractivity contribution in [1.29, 1.82) is 0 Å². The van der Waals surface area contributed by atoms with Gasteiger partial charge in [0.1, 0.15) is 12.2 Å². The van der Waals surface area contributed by atoms with Crippen LogP contribution in [0.15, 0.2) is 24.3 Å². The van der Waals surface area contributed by atoms with Crippen LogP contribution < -0.4 is 0 Å². The molecule has 1 aliphatic carbocycles. The predicted octanol–water partition coefficient (Wildman–Crippen LogP) is 3.66. The lowest BCUT2D eigenvalue weighted by molar-refractivity contribution is -0.141. The number of hydrogen-bond acceptors (Lipinski definition) is 2. The van der Waals surface area contributed by atoms with Gasteiger partial charge in [-0.3, -0.25) is 9.59 Å². The molecule has 1 saturated carbocycles. The molecule has 0 amide bonds. The van der Waals surface area contributed by atoms with Crippen molar-refractivity contribution in [3.8, 4) is 0 Å². The summed E-state index contributed by atoms with van der Waals surface area (Å²) in [5, 5.41) is 9.37. The van der Waals surface area contributed by atoms with Gasteiger partial charge in [0.05, 0.1) is 0 Å². The molecule has 0 bridgehead atoms. The van der Waals surface area contributed by atoms with E-state index in [-0.39, 0.29) is 18.1 Å². The van der Waals surface area contributed by atoms with Crippen LogP contribution in [0.5, 0.6) is 0 Å². The monoisotopic (exact) mass is 280 g/mol. The normalized spacial score (nSPS) is 23.0. The van der Waals surface area contributed by atoms with E-state index in [0.29, 0.717) is 5.92 Å². The lowest BCUT2D eigenvalue weighted by atomic mass is 9.77. The van der Waals surface area contributed by atoms with E-state index in [2.05, 4.69) is 0 Å². The van der Waals surface area contributed by atoms with E-state index in [1.807, 2.05) is 24.3 Å². The molecule has 0 aliphatic heterocycles. The molecule has 0 unspecified atom stereocenters. The van der Waals surface area contributed by atoms with Crippen LogP contribution in [0.1, 0.15) is 43.6 Å². The third-order valence-corrected chi connectivity index (χ3v) is 4.10. The molecular formula is C15H17ClO3. The topological polar surface area (TPSA) is 54.4 Å². The molecular weight excluding hydrogens is 264 g/mol. The molecule has 1 aromatic rings. The van der Waals surface area contributed by atoms with E-state index in [4.69, 9.17) is 16.7 Å². The van der Waals surface area contributed by atoms with Crippen LogP contribution in [0.4, 0.5) is 0 Å². The molecule has 0 radical (unpaired) electrons. The zero-order valence-electron chi connectivity index (χ0n) is 10.6. The maximum absolute atomic E-state index is 11.7. The number of Topliss-reactive ketones (excluding diaryl/α,β-unsaturated/α-hetero) is 1. The van der Waals surface area contributed by atoms with Crippen molar-refractivity contribution in [3.05, 3.63) is 34.9 Å². The zero-order chi connectivity index (χ0) is 13.8. The minimum absolute atomic E-state index is 0.0698. The van der Waals surface area contributed by atoms with Crippen molar-refractivity contribution in [2.24, 2.45) is 5.92 Å². The van der Waals surface area contributed by atoms with E-state index < -0.39 is 5.97 Å². The number of carboxylic acids is 1. The third kappa shape index (κ3) is 3.80. The molecule has 3 nitrogen and oxygen atoms in total. The van der Waals surface area contributed by atoms with Crippen LogP contribution in [0.25, 0.3) is 0 Å². The van der Waals surface area contributed by atoms with E-state index in [1.165, 1.54) is 5.56 Å². The number of carboxylic acid groups (broad SMARTS) is 1. The largest absolute Gasteiger partial charge is 0.481 e. The molecule has 0 saturated heterocycles. The number of benzene rings is 1. The van der Waals surface area contributed by atoms with Gasteiger partial charge in [-0.2, -0.15) is 0 Å². The maximum Gasteiger partial charge on any atom is 0.310 e. The van der Waals surface area contributed by atoms with E-state index >= 15 is 0 Å². The quantitative estimate of drug-likeness (QED) is 0.857. The summed E-state index contributed by atoms with van der Waals surface area (Å²) in [6, 6.07) is 7.84. The summed E-state index contributed by atoms with van der Waals surface area (Å²) in [4.78, 5) is 22.2. The average molecular weight is 281 g/mol. The van der Waals surface area contributed by atoms with Crippen LogP contribution in [0.2, 0.25) is 5.02 Å². The highest BCUT2D eigenvalue weighted by Crippen LogP contribution is 2.36. The second-order valence-corrected chi connectivity index (χ2v) is 5.57. The summed E-state index contributed by atoms with van der Waals surface area (Å²) in [7, 11) is 0. The van der Waals surface area contributed by atoms with E-state index in [0.717, 1.165) is 30.7 Å². The summed E-state index contributed by atoms with van der Waals surface area (Å²) in [5.74, 6) is -0.752. The summed E-state index contributed by atoms with van der Waals surface area (Å²) >= 11 is 5.86. The van der Waals surface area contributed by atoms with Crippen LogP contribution in [-0.2, 0) is 9.59 Å². The first-order chi connectivity index (χ1) is 9.06. The lowest BCUT2D eigenvalue weighted by Gasteiger charge is -2.27. The number of halogens is 1. The van der Waals surface area contributed by atoms with Gasteiger partial charge in [0, 0.05) is 10.9 Å². The molecule has 102 valence electrons. The van der Waals surface area contributed by atoms with Gasteiger partial charge in [0.15, 0.2) is 0 Å². The first-order valence-corrected chi connectivity index (χ1v) is 6.94. The second kappa shape index (κ2) is 6.20. The van der Waals surface area contributed by atoms with Crippen LogP contribution >= 0.6 is 11.6 Å². The van der Waals surface area contributed by atoms with Crippen molar-refractivity contribution in [1.82, 2.24) is 0 Å². The van der Waals surface area contributed by atoms with Crippen LogP contribution in [-0.4, -0.2) is 16.9 Å². The zero-order valence-corrected chi connectivity index (χ0v) is 11.4. The maximum atomic E-state index is 11.7. The fraction of sp³-hybridized carbons (Fsp3) is 0.467. The van der Waals surface area contributed by atoms with Crippen molar-refractivity contribution in [2.75, 3.05) is 0 Å². The van der Waals surface area contributed by atoms with Crippen LogP contribution in [0.3, 0.4) is 0 Å². The number of carbonyl (C=O) groups is 2. The number of carbonyl (C=O) groups excluding carboxylic acids is 1. The van der Waals surface area contributed by atoms with Gasteiger partial charge >= 0.3 is 5.97 Å². The van der Waals surface area contributed by atoms with Crippen molar-refractivity contribution in [2.45, 2.75) is 38.0 Å². The van der Waals surface area contributed by atoms with Gasteiger partial charge in [0.2, 0.25) is 0 Å². The van der Waals surface area contributed by atoms with Gasteiger partial charge in [-0.1, -0.05) is 23.7 Å². The highest BCUT2D eigenvalue weighted by Gasteiger charge is 2.27. The lowest BCUT2D eigenvalue weighted by Crippen LogP contribution is -2.23. The molecule has 0 heterocycles. The Morgan fingerprint density at radius 2 is 1.68 bits per heavy atom. The van der Waals surface area contributed by atoms with Gasteiger partial charge in [-0.15, -0.1) is 0 Å². The Hall–Kier alpha value is -1.35. The Balaban J connectivity index is 1.90. The van der Waals surface area contributed by atoms with Gasteiger partial charge < -0.3 is 5.11 Å². The predicted molar refractivity (Wildman–Crippen MR) is 73.4 cm³/mol. The molecule has 0 spiro atoms. The van der Waals surface area contributed by atoms with Gasteiger partial charge in [-0.05, 0) is 49.3 Å². The Kier molecular flexibility index (Phi) is 4.59. The molecule has 19 heavy (non-hydrogen) atoms. The molecule has 2 rings (SSSR count). The SMILES string of the molecule is O=C(O)CC(=O)[C@H]1CC[C@H](c2ccc(Cl)cc2)CC1. The first-order valence-electron chi connectivity index (χ1n) is 6.56.